The van der Waals surface area contributed by atoms with E-state index in [4.69, 9.17) is 4.74 Å². The van der Waals surface area contributed by atoms with Gasteiger partial charge in [-0.3, -0.25) is 0 Å². The third-order valence-corrected chi connectivity index (χ3v) is 3.42. The maximum Gasteiger partial charge on any atom is 0.0521 e. The predicted molar refractivity (Wildman–Crippen MR) is 68.8 cm³/mol. The van der Waals surface area contributed by atoms with Crippen molar-refractivity contribution in [3.8, 4) is 0 Å². The molecule has 0 amide bonds. The van der Waals surface area contributed by atoms with Crippen molar-refractivity contribution in [3.05, 3.63) is 0 Å². The van der Waals surface area contributed by atoms with Gasteiger partial charge in [0.2, 0.25) is 0 Å². The smallest absolute Gasteiger partial charge is 0.0521 e. The Morgan fingerprint density at radius 1 is 1.25 bits per heavy atom. The van der Waals surface area contributed by atoms with Crippen LogP contribution in [-0.4, -0.2) is 50.8 Å². The molecule has 0 aromatic carbocycles. The minimum absolute atomic E-state index is 0.643. The zero-order valence-corrected chi connectivity index (χ0v) is 11.2. The molecule has 3 nitrogen and oxygen atoms in total. The van der Waals surface area contributed by atoms with Crippen LogP contribution in [-0.2, 0) is 4.74 Å². The molecule has 1 aliphatic rings. The summed E-state index contributed by atoms with van der Waals surface area (Å²) >= 11 is 0. The Labute approximate surface area is 101 Å². The van der Waals surface area contributed by atoms with Crippen LogP contribution < -0.4 is 5.32 Å². The lowest BCUT2D eigenvalue weighted by atomic mass is 9.95. The van der Waals surface area contributed by atoms with Crippen LogP contribution in [0.4, 0.5) is 0 Å². The Hall–Kier alpha value is -0.120. The number of hydrogen-bond donors (Lipinski definition) is 1. The Kier molecular flexibility index (Phi) is 7.01. The van der Waals surface area contributed by atoms with E-state index in [0.717, 1.165) is 19.6 Å². The Morgan fingerprint density at radius 2 is 1.94 bits per heavy atom. The van der Waals surface area contributed by atoms with Crippen LogP contribution in [0.15, 0.2) is 0 Å². The summed E-state index contributed by atoms with van der Waals surface area (Å²) in [6, 6.07) is 0.643. The molecular weight excluding hydrogens is 200 g/mol. The topological polar surface area (TPSA) is 24.5 Å². The van der Waals surface area contributed by atoms with Crippen molar-refractivity contribution in [3.63, 3.8) is 0 Å². The van der Waals surface area contributed by atoms with Crippen LogP contribution in [0.5, 0.6) is 0 Å². The number of hydrogen-bond acceptors (Lipinski definition) is 3. The summed E-state index contributed by atoms with van der Waals surface area (Å²) < 4.78 is 5.60. The first-order valence-electron chi connectivity index (χ1n) is 6.79. The average Bonchev–Trinajstić information content (AvgIpc) is 2.30. The first-order valence-corrected chi connectivity index (χ1v) is 6.79. The van der Waals surface area contributed by atoms with E-state index in [2.05, 4.69) is 31.1 Å². The van der Waals surface area contributed by atoms with Crippen LogP contribution >= 0.6 is 0 Å². The van der Waals surface area contributed by atoms with Crippen molar-refractivity contribution in [1.82, 2.24) is 10.2 Å². The summed E-state index contributed by atoms with van der Waals surface area (Å²) in [5, 5.41) is 3.44. The van der Waals surface area contributed by atoms with Crippen LogP contribution in [0.1, 0.15) is 33.1 Å². The van der Waals surface area contributed by atoms with Gasteiger partial charge in [0.05, 0.1) is 6.61 Å². The fraction of sp³-hybridized carbons (Fsp3) is 1.00. The van der Waals surface area contributed by atoms with E-state index < -0.39 is 0 Å². The molecule has 2 atom stereocenters. The maximum atomic E-state index is 5.60. The lowest BCUT2D eigenvalue weighted by Crippen LogP contribution is -2.46. The summed E-state index contributed by atoms with van der Waals surface area (Å²) in [6.45, 7) is 10.00. The van der Waals surface area contributed by atoms with Gasteiger partial charge in [0.25, 0.3) is 0 Å². The standard InChI is InChI=1S/C13H28N2O/c1-4-7-15(8-5-2)10-12-11-16-9-6-13(12)14-3/h12-14H,4-11H2,1-3H3. The summed E-state index contributed by atoms with van der Waals surface area (Å²) in [4.78, 5) is 2.59. The van der Waals surface area contributed by atoms with E-state index in [1.807, 2.05) is 0 Å². The highest BCUT2D eigenvalue weighted by molar-refractivity contribution is 4.81. The van der Waals surface area contributed by atoms with Crippen LogP contribution in [0.2, 0.25) is 0 Å². The van der Waals surface area contributed by atoms with Crippen LogP contribution in [0.25, 0.3) is 0 Å². The molecule has 3 heteroatoms. The molecule has 1 aliphatic heterocycles. The van der Waals surface area contributed by atoms with Crippen molar-refractivity contribution in [1.29, 1.82) is 0 Å². The molecule has 0 saturated carbocycles. The van der Waals surface area contributed by atoms with Crippen molar-refractivity contribution in [2.24, 2.45) is 5.92 Å². The number of rotatable bonds is 7. The first-order chi connectivity index (χ1) is 7.81. The van der Waals surface area contributed by atoms with Crippen molar-refractivity contribution < 1.29 is 4.74 Å². The van der Waals surface area contributed by atoms with E-state index in [9.17, 15) is 0 Å². The van der Waals surface area contributed by atoms with Crippen molar-refractivity contribution >= 4 is 0 Å². The molecule has 1 N–H and O–H groups in total. The molecule has 1 fully saturated rings. The molecule has 16 heavy (non-hydrogen) atoms. The van der Waals surface area contributed by atoms with Gasteiger partial charge in [-0.2, -0.15) is 0 Å². The molecule has 0 aliphatic carbocycles. The highest BCUT2D eigenvalue weighted by atomic mass is 16.5. The maximum absolute atomic E-state index is 5.60. The molecule has 1 heterocycles. The molecule has 96 valence electrons. The van der Waals surface area contributed by atoms with Crippen molar-refractivity contribution in [2.75, 3.05) is 39.9 Å². The normalized spacial score (nSPS) is 26.2. The fourth-order valence-corrected chi connectivity index (χ4v) is 2.62. The zero-order chi connectivity index (χ0) is 11.8. The Balaban J connectivity index is 2.40. The van der Waals surface area contributed by atoms with Gasteiger partial charge in [-0.1, -0.05) is 13.8 Å². The Bertz CT molecular complexity index is 169. The SMILES string of the molecule is CCCN(CCC)CC1COCCC1NC. The van der Waals surface area contributed by atoms with E-state index in [1.54, 1.807) is 0 Å². The van der Waals surface area contributed by atoms with E-state index in [0.29, 0.717) is 12.0 Å². The lowest BCUT2D eigenvalue weighted by molar-refractivity contribution is 0.0184. The highest BCUT2D eigenvalue weighted by Gasteiger charge is 2.25. The monoisotopic (exact) mass is 228 g/mol. The molecular formula is C13H28N2O. The third-order valence-electron chi connectivity index (χ3n) is 3.42. The summed E-state index contributed by atoms with van der Waals surface area (Å²) in [7, 11) is 2.08. The predicted octanol–water partition coefficient (Wildman–Crippen LogP) is 1.73. The molecule has 0 bridgehead atoms. The third kappa shape index (κ3) is 4.40. The quantitative estimate of drug-likeness (QED) is 0.718. The second kappa shape index (κ2) is 8.04. The molecule has 0 radical (unpaired) electrons. The second-order valence-electron chi connectivity index (χ2n) is 4.82. The lowest BCUT2D eigenvalue weighted by Gasteiger charge is -2.35. The minimum Gasteiger partial charge on any atom is -0.381 e. The fourth-order valence-electron chi connectivity index (χ4n) is 2.62. The average molecular weight is 228 g/mol. The van der Waals surface area contributed by atoms with Gasteiger partial charge in [-0.25, -0.2) is 0 Å². The number of nitrogens with one attached hydrogen (secondary N) is 1. The Morgan fingerprint density at radius 3 is 2.50 bits per heavy atom. The van der Waals surface area contributed by atoms with E-state index in [1.165, 1.54) is 32.5 Å². The zero-order valence-electron chi connectivity index (χ0n) is 11.2. The first kappa shape index (κ1) is 13.9. The van der Waals surface area contributed by atoms with Gasteiger partial charge in [-0.15, -0.1) is 0 Å². The summed E-state index contributed by atoms with van der Waals surface area (Å²) in [5.74, 6) is 0.664. The van der Waals surface area contributed by atoms with Crippen LogP contribution in [0.3, 0.4) is 0 Å². The van der Waals surface area contributed by atoms with Gasteiger partial charge in [0.1, 0.15) is 0 Å². The van der Waals surface area contributed by atoms with Gasteiger partial charge >= 0.3 is 0 Å². The van der Waals surface area contributed by atoms with E-state index in [-0.39, 0.29) is 0 Å². The second-order valence-corrected chi connectivity index (χ2v) is 4.82. The van der Waals surface area contributed by atoms with Gasteiger partial charge in [0, 0.05) is 25.1 Å². The largest absolute Gasteiger partial charge is 0.381 e. The summed E-state index contributed by atoms with van der Waals surface area (Å²) in [5.41, 5.74) is 0. The number of nitrogens with zero attached hydrogens (tertiary/aromatic N) is 1. The van der Waals surface area contributed by atoms with Crippen molar-refractivity contribution in [2.45, 2.75) is 39.2 Å². The van der Waals surface area contributed by atoms with Gasteiger partial charge in [-0.05, 0) is 39.4 Å². The van der Waals surface area contributed by atoms with Gasteiger partial charge < -0.3 is 15.0 Å². The van der Waals surface area contributed by atoms with Gasteiger partial charge in [0.15, 0.2) is 0 Å². The highest BCUT2D eigenvalue weighted by Crippen LogP contribution is 2.16. The summed E-state index contributed by atoms with van der Waals surface area (Å²) in [6.07, 6.45) is 3.66. The van der Waals surface area contributed by atoms with Crippen LogP contribution in [0, 0.1) is 5.92 Å². The molecule has 0 aromatic rings. The minimum atomic E-state index is 0.643. The van der Waals surface area contributed by atoms with E-state index >= 15 is 0 Å². The molecule has 1 rings (SSSR count). The molecule has 0 aromatic heterocycles. The molecule has 1 saturated heterocycles. The number of ether oxygens (including phenoxy) is 1. The molecule has 2 unspecified atom stereocenters. The molecule has 0 spiro atoms.